The van der Waals surface area contributed by atoms with Crippen molar-refractivity contribution >= 4 is 40.3 Å². The minimum atomic E-state index is -0.0959. The summed E-state index contributed by atoms with van der Waals surface area (Å²) in [5.74, 6) is 0. The molecule has 2 nitrogen and oxygen atoms in total. The average molecular weight is 249 g/mol. The van der Waals surface area contributed by atoms with Gasteiger partial charge in [0.15, 0.2) is 0 Å². The van der Waals surface area contributed by atoms with Gasteiger partial charge >= 0.3 is 0 Å². The van der Waals surface area contributed by atoms with Crippen molar-refractivity contribution < 1.29 is 4.79 Å². The molecule has 1 saturated heterocycles. The molecule has 1 aliphatic heterocycles. The van der Waals surface area contributed by atoms with Crippen molar-refractivity contribution in [1.29, 1.82) is 0 Å². The van der Waals surface area contributed by atoms with E-state index in [1.54, 1.807) is 0 Å². The second-order valence-electron chi connectivity index (χ2n) is 3.45. The Kier molecular flexibility index (Phi) is 3.41. The fraction of sp³-hybridized carbons (Fsp3) is 0.167. The first kappa shape index (κ1) is 11.4. The van der Waals surface area contributed by atoms with Crippen molar-refractivity contribution in [2.45, 2.75) is 13.3 Å². The van der Waals surface area contributed by atoms with Crippen LogP contribution in [0.4, 0.5) is 4.79 Å². The van der Waals surface area contributed by atoms with Gasteiger partial charge in [0.2, 0.25) is 0 Å². The third-order valence-corrected chi connectivity index (χ3v) is 3.61. The maximum absolute atomic E-state index is 11.1. The molecule has 1 aromatic rings. The molecule has 0 spiro atoms. The van der Waals surface area contributed by atoms with Gasteiger partial charge in [0.1, 0.15) is 4.99 Å². The quantitative estimate of drug-likeness (QED) is 0.643. The van der Waals surface area contributed by atoms with Gasteiger partial charge in [-0.3, -0.25) is 4.79 Å². The average Bonchev–Trinajstić information content (AvgIpc) is 2.59. The molecular formula is C12H11NOS2. The van der Waals surface area contributed by atoms with Gasteiger partial charge in [0.25, 0.3) is 5.24 Å². The first-order valence-electron chi connectivity index (χ1n) is 5.03. The van der Waals surface area contributed by atoms with Crippen LogP contribution in [-0.4, -0.2) is 10.2 Å². The largest absolute Gasteiger partial charge is 0.307 e. The minimum Gasteiger partial charge on any atom is -0.307 e. The van der Waals surface area contributed by atoms with E-state index < -0.39 is 0 Å². The van der Waals surface area contributed by atoms with Gasteiger partial charge in [-0.2, -0.15) is 0 Å². The monoisotopic (exact) mass is 249 g/mol. The number of rotatable bonds is 2. The van der Waals surface area contributed by atoms with Gasteiger partial charge in [-0.15, -0.1) is 0 Å². The van der Waals surface area contributed by atoms with Crippen molar-refractivity contribution in [2.75, 3.05) is 0 Å². The summed E-state index contributed by atoms with van der Waals surface area (Å²) in [6.07, 6.45) is 2.97. The van der Waals surface area contributed by atoms with Gasteiger partial charge in [-0.25, -0.2) is 0 Å². The standard InChI is InChI=1S/C12H11NOS2/c1-2-8-3-5-9(6-4-8)7-10-11(15)13-12(14)16-10/h3-7H,2H2,1H3,(H,13,14,15). The molecule has 1 amide bonds. The van der Waals surface area contributed by atoms with Crippen LogP contribution in [0, 0.1) is 0 Å². The highest BCUT2D eigenvalue weighted by Gasteiger charge is 2.21. The van der Waals surface area contributed by atoms with Crippen LogP contribution in [0.2, 0.25) is 0 Å². The second kappa shape index (κ2) is 4.80. The molecule has 0 atom stereocenters. The Morgan fingerprint density at radius 2 is 2.06 bits per heavy atom. The number of amides is 1. The number of carbonyl (C=O) groups is 1. The van der Waals surface area contributed by atoms with Gasteiger partial charge in [0.05, 0.1) is 4.91 Å². The first-order chi connectivity index (χ1) is 7.69. The molecular weight excluding hydrogens is 238 g/mol. The Labute approximate surface area is 104 Å². The van der Waals surface area contributed by atoms with Crippen LogP contribution in [0.5, 0.6) is 0 Å². The molecule has 0 aromatic heterocycles. The molecule has 1 aromatic carbocycles. The lowest BCUT2D eigenvalue weighted by Gasteiger charge is -1.98. The van der Waals surface area contributed by atoms with Gasteiger partial charge in [-0.1, -0.05) is 43.4 Å². The van der Waals surface area contributed by atoms with E-state index in [1.165, 1.54) is 5.56 Å². The van der Waals surface area contributed by atoms with E-state index in [-0.39, 0.29) is 5.24 Å². The molecule has 0 aliphatic carbocycles. The maximum Gasteiger partial charge on any atom is 0.289 e. The van der Waals surface area contributed by atoms with Gasteiger partial charge in [0, 0.05) is 0 Å². The molecule has 1 heterocycles. The van der Waals surface area contributed by atoms with Crippen molar-refractivity contribution in [3.63, 3.8) is 0 Å². The van der Waals surface area contributed by atoms with E-state index in [0.29, 0.717) is 4.99 Å². The number of hydrogen-bond donors (Lipinski definition) is 1. The van der Waals surface area contributed by atoms with Crippen LogP contribution in [0.15, 0.2) is 29.2 Å². The summed E-state index contributed by atoms with van der Waals surface area (Å²) in [6.45, 7) is 2.12. The fourth-order valence-electron chi connectivity index (χ4n) is 1.42. The minimum absolute atomic E-state index is 0.0959. The summed E-state index contributed by atoms with van der Waals surface area (Å²) in [6, 6.07) is 8.25. The lowest BCUT2D eigenvalue weighted by atomic mass is 10.1. The SMILES string of the molecule is CCc1ccc(C=C2SC(=O)NC2=S)cc1. The number of thioether (sulfide) groups is 1. The first-order valence-corrected chi connectivity index (χ1v) is 6.25. The molecule has 2 rings (SSSR count). The Hall–Kier alpha value is -1.13. The maximum atomic E-state index is 11.1. The van der Waals surface area contributed by atoms with Crippen LogP contribution in [0.25, 0.3) is 6.08 Å². The lowest BCUT2D eigenvalue weighted by Crippen LogP contribution is -2.15. The second-order valence-corrected chi connectivity index (χ2v) is 4.87. The zero-order valence-electron chi connectivity index (χ0n) is 8.82. The molecule has 0 unspecified atom stereocenters. The lowest BCUT2D eigenvalue weighted by molar-refractivity contribution is 0.265. The zero-order valence-corrected chi connectivity index (χ0v) is 10.5. The van der Waals surface area contributed by atoms with E-state index in [2.05, 4.69) is 24.4 Å². The molecule has 1 N–H and O–H groups in total. The van der Waals surface area contributed by atoms with Crippen molar-refractivity contribution in [3.8, 4) is 0 Å². The Morgan fingerprint density at radius 1 is 1.38 bits per heavy atom. The molecule has 1 aliphatic rings. The number of carbonyl (C=O) groups excluding carboxylic acids is 1. The molecule has 0 radical (unpaired) electrons. The molecule has 16 heavy (non-hydrogen) atoms. The molecule has 1 fully saturated rings. The van der Waals surface area contributed by atoms with E-state index in [0.717, 1.165) is 28.7 Å². The zero-order chi connectivity index (χ0) is 11.5. The van der Waals surface area contributed by atoms with Gasteiger partial charge in [-0.05, 0) is 35.4 Å². The smallest absolute Gasteiger partial charge is 0.289 e. The summed E-state index contributed by atoms with van der Waals surface area (Å²) in [7, 11) is 0. The van der Waals surface area contributed by atoms with Crippen LogP contribution >= 0.6 is 24.0 Å². The van der Waals surface area contributed by atoms with E-state index in [9.17, 15) is 4.79 Å². The number of hydrogen-bond acceptors (Lipinski definition) is 3. The fourth-order valence-corrected chi connectivity index (χ4v) is 2.45. The summed E-state index contributed by atoms with van der Waals surface area (Å²) in [5.41, 5.74) is 2.37. The highest BCUT2D eigenvalue weighted by atomic mass is 32.2. The number of aryl methyl sites for hydroxylation is 1. The van der Waals surface area contributed by atoms with Crippen LogP contribution in [0.1, 0.15) is 18.1 Å². The number of nitrogens with one attached hydrogen (secondary N) is 1. The normalized spacial score (nSPS) is 17.9. The highest BCUT2D eigenvalue weighted by molar-refractivity contribution is 8.19. The van der Waals surface area contributed by atoms with Crippen molar-refractivity contribution in [1.82, 2.24) is 5.32 Å². The Bertz CT molecular complexity index is 462. The van der Waals surface area contributed by atoms with Crippen molar-refractivity contribution in [3.05, 3.63) is 40.3 Å². The van der Waals surface area contributed by atoms with E-state index >= 15 is 0 Å². The summed E-state index contributed by atoms with van der Waals surface area (Å²) in [5, 5.41) is 2.50. The molecule has 82 valence electrons. The predicted molar refractivity (Wildman–Crippen MR) is 72.5 cm³/mol. The van der Waals surface area contributed by atoms with E-state index in [4.69, 9.17) is 12.2 Å². The molecule has 4 heteroatoms. The third-order valence-electron chi connectivity index (χ3n) is 2.33. The van der Waals surface area contributed by atoms with E-state index in [1.807, 2.05) is 18.2 Å². The van der Waals surface area contributed by atoms with Crippen molar-refractivity contribution in [2.24, 2.45) is 0 Å². The molecule has 0 saturated carbocycles. The highest BCUT2D eigenvalue weighted by Crippen LogP contribution is 2.26. The number of benzene rings is 1. The number of thiocarbonyl (C=S) groups is 1. The Balaban J connectivity index is 2.22. The summed E-state index contributed by atoms with van der Waals surface area (Å²) in [4.78, 5) is 12.4. The predicted octanol–water partition coefficient (Wildman–Crippen LogP) is 3.37. The van der Waals surface area contributed by atoms with Gasteiger partial charge < -0.3 is 5.32 Å². The van der Waals surface area contributed by atoms with Crippen LogP contribution in [-0.2, 0) is 6.42 Å². The van der Waals surface area contributed by atoms with Crippen LogP contribution < -0.4 is 5.32 Å². The third kappa shape index (κ3) is 2.51. The summed E-state index contributed by atoms with van der Waals surface area (Å²) < 4.78 is 0. The topological polar surface area (TPSA) is 29.1 Å². The summed E-state index contributed by atoms with van der Waals surface area (Å²) >= 11 is 6.19. The van der Waals surface area contributed by atoms with Crippen LogP contribution in [0.3, 0.4) is 0 Å². The molecule has 0 bridgehead atoms. The Morgan fingerprint density at radius 3 is 2.56 bits per heavy atom.